The molecule has 2 aromatic rings. The molecule has 0 saturated heterocycles. The van der Waals surface area contributed by atoms with E-state index in [1.165, 1.54) is 12.1 Å². The van der Waals surface area contributed by atoms with E-state index in [4.69, 9.17) is 4.28 Å². The first kappa shape index (κ1) is 18.7. The van der Waals surface area contributed by atoms with E-state index >= 15 is 0 Å². The van der Waals surface area contributed by atoms with Gasteiger partial charge in [-0.3, -0.25) is 4.28 Å². The molecular formula is C19H20N2O3S. The second kappa shape index (κ2) is 7.95. The van der Waals surface area contributed by atoms with E-state index in [-0.39, 0.29) is 10.6 Å². The molecule has 0 aliphatic carbocycles. The average Bonchev–Trinajstić information content (AvgIpc) is 2.63. The number of hydrogen-bond donors (Lipinski definition) is 0. The summed E-state index contributed by atoms with van der Waals surface area (Å²) in [4.78, 5) is 0.00417. The molecular weight excluding hydrogens is 336 g/mol. The molecule has 2 rings (SSSR count). The van der Waals surface area contributed by atoms with Crippen molar-refractivity contribution in [3.05, 3.63) is 65.2 Å². The van der Waals surface area contributed by atoms with Crippen molar-refractivity contribution >= 4 is 15.8 Å². The summed E-state index contributed by atoms with van der Waals surface area (Å²) < 4.78 is 29.2. The Morgan fingerprint density at radius 1 is 1.16 bits per heavy atom. The van der Waals surface area contributed by atoms with Gasteiger partial charge in [0.15, 0.2) is 5.71 Å². The van der Waals surface area contributed by atoms with Gasteiger partial charge in [-0.1, -0.05) is 61.0 Å². The van der Waals surface area contributed by atoms with Crippen LogP contribution in [-0.4, -0.2) is 14.1 Å². The molecule has 0 aliphatic heterocycles. The lowest BCUT2D eigenvalue weighted by atomic mass is 9.99. The third kappa shape index (κ3) is 4.68. The minimum absolute atomic E-state index is 0.00417. The molecule has 0 radical (unpaired) electrons. The Bertz CT molecular complexity index is 893. The smallest absolute Gasteiger partial charge is 0.263 e. The lowest BCUT2D eigenvalue weighted by Crippen LogP contribution is -2.06. The van der Waals surface area contributed by atoms with Crippen molar-refractivity contribution < 1.29 is 12.7 Å². The van der Waals surface area contributed by atoms with E-state index in [2.05, 4.69) is 19.0 Å². The van der Waals surface area contributed by atoms with Gasteiger partial charge in [0.2, 0.25) is 0 Å². The zero-order valence-corrected chi connectivity index (χ0v) is 15.2. The summed E-state index contributed by atoms with van der Waals surface area (Å²) >= 11 is 0. The maximum atomic E-state index is 12.2. The molecule has 130 valence electrons. The molecule has 2 aromatic carbocycles. The molecule has 0 heterocycles. The maximum absolute atomic E-state index is 12.2. The second-order valence-electron chi connectivity index (χ2n) is 5.82. The Labute approximate surface area is 148 Å². The molecule has 0 spiro atoms. The quantitative estimate of drug-likeness (QED) is 0.575. The summed E-state index contributed by atoms with van der Waals surface area (Å²) in [5.41, 5.74) is 2.48. The Morgan fingerprint density at radius 3 is 2.28 bits per heavy atom. The molecule has 0 aliphatic rings. The molecule has 0 bridgehead atoms. The monoisotopic (exact) mass is 356 g/mol. The van der Waals surface area contributed by atoms with Crippen molar-refractivity contribution in [2.45, 2.75) is 38.0 Å². The molecule has 1 unspecified atom stereocenters. The van der Waals surface area contributed by atoms with Crippen LogP contribution in [0.5, 0.6) is 0 Å². The first-order valence-electron chi connectivity index (χ1n) is 7.96. The van der Waals surface area contributed by atoms with Crippen molar-refractivity contribution in [2.24, 2.45) is 5.16 Å². The van der Waals surface area contributed by atoms with Crippen LogP contribution in [0.4, 0.5) is 0 Å². The van der Waals surface area contributed by atoms with Crippen LogP contribution in [0.1, 0.15) is 42.9 Å². The zero-order valence-electron chi connectivity index (χ0n) is 14.4. The summed E-state index contributed by atoms with van der Waals surface area (Å²) in [6, 6.07) is 15.4. The number of benzene rings is 2. The standard InChI is InChI=1S/C19H20N2O3S/c1-4-15(3)16-9-11-18(12-10-16)25(22,23)24-21-19(13-20)17-7-5-14(2)6-8-17/h5-12,15H,4H2,1-3H3/b21-19-. The molecule has 0 saturated carbocycles. The van der Waals surface area contributed by atoms with Crippen LogP contribution in [0.15, 0.2) is 58.6 Å². The fourth-order valence-corrected chi connectivity index (χ4v) is 2.91. The number of oxime groups is 1. The third-order valence-corrected chi connectivity index (χ3v) is 5.13. The molecule has 25 heavy (non-hydrogen) atoms. The van der Waals surface area contributed by atoms with Gasteiger partial charge in [0.1, 0.15) is 11.0 Å². The van der Waals surface area contributed by atoms with Crippen molar-refractivity contribution in [1.82, 2.24) is 0 Å². The van der Waals surface area contributed by atoms with Crippen molar-refractivity contribution in [3.8, 4) is 6.07 Å². The first-order valence-corrected chi connectivity index (χ1v) is 9.37. The Kier molecular flexibility index (Phi) is 5.94. The normalized spacial score (nSPS) is 13.1. The summed E-state index contributed by atoms with van der Waals surface area (Å²) in [5, 5.41) is 12.7. The summed E-state index contributed by atoms with van der Waals surface area (Å²) in [7, 11) is -4.07. The highest BCUT2D eigenvalue weighted by Gasteiger charge is 2.17. The van der Waals surface area contributed by atoms with Gasteiger partial charge in [-0.05, 0) is 37.0 Å². The van der Waals surface area contributed by atoms with Gasteiger partial charge in [-0.25, -0.2) is 0 Å². The average molecular weight is 356 g/mol. The van der Waals surface area contributed by atoms with Crippen molar-refractivity contribution in [3.63, 3.8) is 0 Å². The fraction of sp³-hybridized carbons (Fsp3) is 0.263. The zero-order chi connectivity index (χ0) is 18.4. The number of hydrogen-bond acceptors (Lipinski definition) is 5. The lowest BCUT2D eigenvalue weighted by Gasteiger charge is -2.09. The summed E-state index contributed by atoms with van der Waals surface area (Å²) in [6.45, 7) is 6.06. The van der Waals surface area contributed by atoms with Gasteiger partial charge in [-0.2, -0.15) is 13.7 Å². The van der Waals surface area contributed by atoms with E-state index in [0.717, 1.165) is 17.5 Å². The largest absolute Gasteiger partial charge is 0.358 e. The van der Waals surface area contributed by atoms with Gasteiger partial charge in [0, 0.05) is 5.56 Å². The van der Waals surface area contributed by atoms with Gasteiger partial charge < -0.3 is 0 Å². The Balaban J connectivity index is 2.22. The third-order valence-electron chi connectivity index (χ3n) is 4.01. The predicted octanol–water partition coefficient (Wildman–Crippen LogP) is 4.14. The van der Waals surface area contributed by atoms with Crippen molar-refractivity contribution in [1.29, 1.82) is 5.26 Å². The van der Waals surface area contributed by atoms with Gasteiger partial charge in [0.25, 0.3) is 0 Å². The van der Waals surface area contributed by atoms with Crippen LogP contribution in [0.25, 0.3) is 0 Å². The highest BCUT2D eigenvalue weighted by Crippen LogP contribution is 2.21. The van der Waals surface area contributed by atoms with Gasteiger partial charge in [-0.15, -0.1) is 0 Å². The van der Waals surface area contributed by atoms with Crippen LogP contribution < -0.4 is 0 Å². The van der Waals surface area contributed by atoms with Gasteiger partial charge in [0.05, 0.1) is 0 Å². The van der Waals surface area contributed by atoms with Crippen LogP contribution in [-0.2, 0) is 14.4 Å². The Morgan fingerprint density at radius 2 is 1.76 bits per heavy atom. The second-order valence-corrected chi connectivity index (χ2v) is 7.35. The van der Waals surface area contributed by atoms with E-state index in [1.54, 1.807) is 24.3 Å². The predicted molar refractivity (Wildman–Crippen MR) is 96.7 cm³/mol. The fourth-order valence-electron chi connectivity index (χ4n) is 2.18. The molecule has 1 atom stereocenters. The van der Waals surface area contributed by atoms with E-state index in [1.807, 2.05) is 25.1 Å². The first-order chi connectivity index (χ1) is 11.9. The SMILES string of the molecule is CCC(C)c1ccc(S(=O)(=O)O/N=C(/C#N)c2ccc(C)cc2)cc1. The minimum Gasteiger partial charge on any atom is -0.263 e. The van der Waals surface area contributed by atoms with Crippen molar-refractivity contribution in [2.75, 3.05) is 0 Å². The van der Waals surface area contributed by atoms with E-state index in [9.17, 15) is 13.7 Å². The van der Waals surface area contributed by atoms with E-state index < -0.39 is 10.1 Å². The molecule has 6 heteroatoms. The van der Waals surface area contributed by atoms with Crippen LogP contribution >= 0.6 is 0 Å². The summed E-state index contributed by atoms with van der Waals surface area (Å²) in [5.74, 6) is 0.349. The topological polar surface area (TPSA) is 79.5 Å². The number of nitrogens with zero attached hydrogens (tertiary/aromatic N) is 2. The molecule has 0 amide bonds. The van der Waals surface area contributed by atoms with Crippen LogP contribution in [0.2, 0.25) is 0 Å². The number of rotatable bonds is 6. The lowest BCUT2D eigenvalue weighted by molar-refractivity contribution is 0.339. The maximum Gasteiger partial charge on any atom is 0.358 e. The van der Waals surface area contributed by atoms with E-state index in [0.29, 0.717) is 11.5 Å². The summed E-state index contributed by atoms with van der Waals surface area (Å²) in [6.07, 6.45) is 0.967. The number of aryl methyl sites for hydroxylation is 1. The van der Waals surface area contributed by atoms with Gasteiger partial charge >= 0.3 is 10.1 Å². The van der Waals surface area contributed by atoms with Crippen LogP contribution in [0.3, 0.4) is 0 Å². The highest BCUT2D eigenvalue weighted by atomic mass is 32.2. The molecule has 0 aromatic heterocycles. The molecule has 5 nitrogen and oxygen atoms in total. The number of nitriles is 1. The molecule has 0 fully saturated rings. The minimum atomic E-state index is -4.07. The van der Waals surface area contributed by atoms with Crippen LogP contribution in [0, 0.1) is 18.3 Å². The Hall–Kier alpha value is -2.65. The molecule has 0 N–H and O–H groups in total. The highest BCUT2D eigenvalue weighted by molar-refractivity contribution is 7.86.